The van der Waals surface area contributed by atoms with Crippen LogP contribution in [0.4, 0.5) is 0 Å². The minimum absolute atomic E-state index is 0.415. The Morgan fingerprint density at radius 1 is 1.00 bits per heavy atom. The van der Waals surface area contributed by atoms with Gasteiger partial charge in [0.1, 0.15) is 5.71 Å². The number of nitrogens with zero attached hydrogens (tertiary/aromatic N) is 2. The van der Waals surface area contributed by atoms with Crippen molar-refractivity contribution in [1.29, 1.82) is 0 Å². The molecule has 116 valence electrons. The van der Waals surface area contributed by atoms with E-state index in [1.54, 1.807) is 14.1 Å². The van der Waals surface area contributed by atoms with Crippen LogP contribution in [0.2, 0.25) is 0 Å². The van der Waals surface area contributed by atoms with Gasteiger partial charge in [-0.15, -0.1) is 0 Å². The first-order valence-electron chi connectivity index (χ1n) is 6.45. The van der Waals surface area contributed by atoms with Gasteiger partial charge < -0.3 is 10.6 Å². The maximum Gasteiger partial charge on any atom is 0.186 e. The van der Waals surface area contributed by atoms with Crippen molar-refractivity contribution in [1.82, 2.24) is 21.5 Å². The Morgan fingerprint density at radius 3 is 2.27 bits per heavy atom. The van der Waals surface area contributed by atoms with E-state index in [1.165, 1.54) is 6.21 Å². The average Bonchev–Trinajstić information content (AvgIpc) is 2.57. The first-order chi connectivity index (χ1) is 10.7. The largest absolute Gasteiger partial charge is 0.364 e. The van der Waals surface area contributed by atoms with E-state index in [0.717, 1.165) is 5.56 Å². The summed E-state index contributed by atoms with van der Waals surface area (Å²) in [5.74, 6) is 0. The van der Waals surface area contributed by atoms with Crippen LogP contribution in [0.25, 0.3) is 6.08 Å². The molecule has 1 rings (SSSR count). The molecule has 8 heteroatoms. The number of nitrogens with one attached hydrogen (secondary N) is 4. The highest BCUT2D eigenvalue weighted by Crippen LogP contribution is 2.00. The highest BCUT2D eigenvalue weighted by Gasteiger charge is 1.93. The molecule has 0 saturated carbocycles. The lowest BCUT2D eigenvalue weighted by molar-refractivity contribution is 0.973. The summed E-state index contributed by atoms with van der Waals surface area (Å²) in [4.78, 5) is 0. The zero-order valence-electron chi connectivity index (χ0n) is 12.3. The molecule has 0 amide bonds. The van der Waals surface area contributed by atoms with Gasteiger partial charge in [0.2, 0.25) is 0 Å². The molecule has 0 spiro atoms. The summed E-state index contributed by atoms with van der Waals surface area (Å²) in [6.07, 6.45) is 5.27. The van der Waals surface area contributed by atoms with Crippen molar-refractivity contribution in [3.63, 3.8) is 0 Å². The van der Waals surface area contributed by atoms with Crippen molar-refractivity contribution >= 4 is 52.7 Å². The van der Waals surface area contributed by atoms with Gasteiger partial charge in [-0.1, -0.05) is 36.4 Å². The van der Waals surface area contributed by atoms with Crippen molar-refractivity contribution in [2.45, 2.75) is 0 Å². The smallest absolute Gasteiger partial charge is 0.186 e. The summed E-state index contributed by atoms with van der Waals surface area (Å²) >= 11 is 9.91. The first kappa shape index (κ1) is 17.7. The Hall–Kier alpha value is -2.32. The van der Waals surface area contributed by atoms with Gasteiger partial charge in [-0.3, -0.25) is 10.9 Å². The highest BCUT2D eigenvalue weighted by atomic mass is 32.1. The fourth-order valence-electron chi connectivity index (χ4n) is 1.24. The van der Waals surface area contributed by atoms with Crippen molar-refractivity contribution < 1.29 is 0 Å². The van der Waals surface area contributed by atoms with Crippen LogP contribution in [0.1, 0.15) is 5.56 Å². The van der Waals surface area contributed by atoms with Crippen molar-refractivity contribution in [3.05, 3.63) is 42.0 Å². The molecule has 1 aromatic carbocycles. The normalized spacial score (nSPS) is 11.5. The van der Waals surface area contributed by atoms with Gasteiger partial charge in [0.25, 0.3) is 0 Å². The van der Waals surface area contributed by atoms with Crippen LogP contribution in [0, 0.1) is 0 Å². The molecule has 0 saturated heterocycles. The van der Waals surface area contributed by atoms with Crippen LogP contribution in [0.3, 0.4) is 0 Å². The quantitative estimate of drug-likeness (QED) is 0.369. The Labute approximate surface area is 140 Å². The highest BCUT2D eigenvalue weighted by molar-refractivity contribution is 7.80. The van der Waals surface area contributed by atoms with Crippen LogP contribution in [-0.4, -0.2) is 36.2 Å². The zero-order valence-corrected chi connectivity index (χ0v) is 14.0. The van der Waals surface area contributed by atoms with Crippen LogP contribution in [-0.2, 0) is 0 Å². The lowest BCUT2D eigenvalue weighted by Gasteiger charge is -2.02. The third-order valence-electron chi connectivity index (χ3n) is 2.35. The van der Waals surface area contributed by atoms with E-state index in [1.807, 2.05) is 42.5 Å². The maximum absolute atomic E-state index is 4.98. The van der Waals surface area contributed by atoms with Gasteiger partial charge >= 0.3 is 0 Å². The van der Waals surface area contributed by atoms with Crippen LogP contribution >= 0.6 is 24.4 Å². The van der Waals surface area contributed by atoms with E-state index in [0.29, 0.717) is 15.9 Å². The molecule has 22 heavy (non-hydrogen) atoms. The topological polar surface area (TPSA) is 72.8 Å². The lowest BCUT2D eigenvalue weighted by Crippen LogP contribution is -2.30. The predicted octanol–water partition coefficient (Wildman–Crippen LogP) is 1.23. The van der Waals surface area contributed by atoms with E-state index in [-0.39, 0.29) is 0 Å². The van der Waals surface area contributed by atoms with Crippen LogP contribution in [0.15, 0.2) is 46.6 Å². The van der Waals surface area contributed by atoms with Crippen LogP contribution in [0.5, 0.6) is 0 Å². The molecule has 0 atom stereocenters. The Kier molecular flexibility index (Phi) is 8.39. The Balaban J connectivity index is 2.79. The molecule has 0 aliphatic rings. The molecule has 4 N–H and O–H groups in total. The molecule has 6 nitrogen and oxygen atoms in total. The molecule has 0 fully saturated rings. The molecule has 0 unspecified atom stereocenters. The van der Waals surface area contributed by atoms with Gasteiger partial charge in [0.05, 0.1) is 6.21 Å². The zero-order chi connectivity index (χ0) is 16.2. The summed E-state index contributed by atoms with van der Waals surface area (Å²) in [7, 11) is 3.42. The van der Waals surface area contributed by atoms with Gasteiger partial charge in [-0.2, -0.15) is 10.2 Å². The van der Waals surface area contributed by atoms with Gasteiger partial charge in [-0.25, -0.2) is 0 Å². The third kappa shape index (κ3) is 7.46. The monoisotopic (exact) mass is 334 g/mol. The standard InChI is InChI=1S/C14H18N6S2/c1-15-13(21)19-17-10-12(18-20-14(22)16-2)9-8-11-6-4-3-5-7-11/h3-10H,1-2H3,(H2,15,19,21)(H2,16,20,22). The fraction of sp³-hybridized carbons (Fsp3) is 0.143. The van der Waals surface area contributed by atoms with E-state index in [9.17, 15) is 0 Å². The second-order valence-corrected chi connectivity index (χ2v) is 4.74. The molecule has 0 radical (unpaired) electrons. The average molecular weight is 334 g/mol. The van der Waals surface area contributed by atoms with Gasteiger partial charge in [0.15, 0.2) is 10.2 Å². The Morgan fingerprint density at radius 2 is 1.64 bits per heavy atom. The van der Waals surface area contributed by atoms with E-state index in [2.05, 4.69) is 31.7 Å². The fourth-order valence-corrected chi connectivity index (χ4v) is 1.34. The predicted molar refractivity (Wildman–Crippen MR) is 101 cm³/mol. The molecule has 0 heterocycles. The van der Waals surface area contributed by atoms with Crippen molar-refractivity contribution in [2.24, 2.45) is 10.2 Å². The number of hydrogen-bond acceptors (Lipinski definition) is 4. The minimum atomic E-state index is 0.415. The number of hydrogen-bond donors (Lipinski definition) is 4. The summed E-state index contributed by atoms with van der Waals surface area (Å²) in [6.45, 7) is 0. The van der Waals surface area contributed by atoms with Gasteiger partial charge in [0, 0.05) is 14.1 Å². The summed E-state index contributed by atoms with van der Waals surface area (Å²) in [5, 5.41) is 14.5. The molecular formula is C14H18N6S2. The number of thiocarbonyl (C=S) groups is 2. The minimum Gasteiger partial charge on any atom is -0.364 e. The number of benzene rings is 1. The summed E-state index contributed by atoms with van der Waals surface area (Å²) in [5.41, 5.74) is 7.00. The SMILES string of the molecule is CNC(=S)NN=CC(C=Cc1ccccc1)=NNC(=S)NC. The number of rotatable bonds is 5. The van der Waals surface area contributed by atoms with Gasteiger partial charge in [-0.05, 0) is 36.1 Å². The molecule has 0 aliphatic heterocycles. The Bertz CT molecular complexity index is 580. The van der Waals surface area contributed by atoms with E-state index in [4.69, 9.17) is 24.4 Å². The first-order valence-corrected chi connectivity index (χ1v) is 7.26. The summed E-state index contributed by atoms with van der Waals surface area (Å²) < 4.78 is 0. The summed E-state index contributed by atoms with van der Waals surface area (Å²) in [6, 6.07) is 9.87. The third-order valence-corrected chi connectivity index (χ3v) is 2.94. The number of allylic oxidation sites excluding steroid dienone is 1. The molecule has 0 aromatic heterocycles. The van der Waals surface area contributed by atoms with Crippen molar-refractivity contribution in [2.75, 3.05) is 14.1 Å². The molecule has 1 aromatic rings. The maximum atomic E-state index is 4.98. The number of hydrazone groups is 2. The van der Waals surface area contributed by atoms with Crippen molar-refractivity contribution in [3.8, 4) is 0 Å². The van der Waals surface area contributed by atoms with E-state index < -0.39 is 0 Å². The lowest BCUT2D eigenvalue weighted by atomic mass is 10.2. The van der Waals surface area contributed by atoms with E-state index >= 15 is 0 Å². The second kappa shape index (κ2) is 10.4. The van der Waals surface area contributed by atoms with Crippen LogP contribution < -0.4 is 21.5 Å². The molecule has 0 aliphatic carbocycles. The molecule has 0 bridgehead atoms. The molecular weight excluding hydrogens is 316 g/mol. The second-order valence-electron chi connectivity index (χ2n) is 3.92.